The highest BCUT2D eigenvalue weighted by atomic mass is 32.2. The molecule has 1 N–H and O–H groups in total. The van der Waals surface area contributed by atoms with Gasteiger partial charge in [-0.3, -0.25) is 14.2 Å². The van der Waals surface area contributed by atoms with Gasteiger partial charge in [-0.2, -0.15) is 0 Å². The number of nitrogens with one attached hydrogen (secondary N) is 1. The van der Waals surface area contributed by atoms with Crippen LogP contribution < -0.4 is 10.9 Å². The quantitative estimate of drug-likeness (QED) is 0.825. The average Bonchev–Trinajstić information content (AvgIpc) is 2.69. The fraction of sp³-hybridized carbons (Fsp3) is 0.429. The number of nitrogens with zero attached hydrogens (tertiary/aromatic N) is 2. The summed E-state index contributed by atoms with van der Waals surface area (Å²) in [6, 6.07) is 9.31. The molecule has 3 fully saturated rings. The Morgan fingerprint density at radius 2 is 1.96 bits per heavy atom. The molecule has 0 aliphatic carbocycles. The van der Waals surface area contributed by atoms with Crippen LogP contribution in [0.3, 0.4) is 0 Å². The second-order valence-corrected chi connectivity index (χ2v) is 8.37. The molecule has 1 aromatic heterocycles. The number of hydrogen-bond acceptors (Lipinski definition) is 4. The molecule has 3 aliphatic rings. The van der Waals surface area contributed by atoms with E-state index >= 15 is 0 Å². The molecular weight excluding hydrogens is 358 g/mol. The van der Waals surface area contributed by atoms with E-state index in [1.165, 1.54) is 6.07 Å². The SMILES string of the molecule is CSc1cc(C)ccc1-n1cc(C(=O)N[C@@H]2CN3CCC2CC3)ccc1=O. The van der Waals surface area contributed by atoms with Crippen molar-refractivity contribution in [3.8, 4) is 5.69 Å². The Hall–Kier alpha value is -2.05. The summed E-state index contributed by atoms with van der Waals surface area (Å²) in [5.74, 6) is 0.477. The minimum absolute atomic E-state index is 0.0969. The van der Waals surface area contributed by atoms with Crippen molar-refractivity contribution in [3.63, 3.8) is 0 Å². The monoisotopic (exact) mass is 383 g/mol. The van der Waals surface area contributed by atoms with Crippen molar-refractivity contribution >= 4 is 17.7 Å². The Morgan fingerprint density at radius 1 is 1.19 bits per heavy atom. The Morgan fingerprint density at radius 3 is 2.63 bits per heavy atom. The summed E-state index contributed by atoms with van der Waals surface area (Å²) in [5, 5.41) is 3.20. The number of amides is 1. The van der Waals surface area contributed by atoms with Gasteiger partial charge in [0.05, 0.1) is 11.3 Å². The lowest BCUT2D eigenvalue weighted by Gasteiger charge is -2.44. The first-order valence-electron chi connectivity index (χ1n) is 9.46. The molecule has 0 unspecified atom stereocenters. The minimum atomic E-state index is -0.131. The maximum absolute atomic E-state index is 12.8. The number of hydrogen-bond donors (Lipinski definition) is 1. The zero-order valence-corrected chi connectivity index (χ0v) is 16.6. The molecular formula is C21H25N3O2S. The third kappa shape index (κ3) is 3.69. The smallest absolute Gasteiger partial charge is 0.255 e. The molecule has 27 heavy (non-hydrogen) atoms. The highest BCUT2D eigenvalue weighted by molar-refractivity contribution is 7.98. The second kappa shape index (κ2) is 7.52. The van der Waals surface area contributed by atoms with Crippen molar-refractivity contribution < 1.29 is 4.79 Å². The number of pyridine rings is 1. The lowest BCUT2D eigenvalue weighted by Crippen LogP contribution is -2.57. The van der Waals surface area contributed by atoms with Crippen molar-refractivity contribution in [2.45, 2.75) is 30.7 Å². The fourth-order valence-corrected chi connectivity index (χ4v) is 4.85. The van der Waals surface area contributed by atoms with Crippen LogP contribution in [0.15, 0.2) is 46.2 Å². The Bertz CT molecular complexity index is 916. The topological polar surface area (TPSA) is 54.3 Å². The number of carbonyl (C=O) groups is 1. The summed E-state index contributed by atoms with van der Waals surface area (Å²) in [7, 11) is 0. The first kappa shape index (κ1) is 18.3. The van der Waals surface area contributed by atoms with Crippen LogP contribution in [-0.2, 0) is 0 Å². The third-order valence-electron chi connectivity index (χ3n) is 5.74. The summed E-state index contributed by atoms with van der Waals surface area (Å²) in [4.78, 5) is 28.7. The number of aryl methyl sites for hydroxylation is 1. The van der Waals surface area contributed by atoms with E-state index in [0.29, 0.717) is 11.5 Å². The zero-order chi connectivity index (χ0) is 19.0. The summed E-state index contributed by atoms with van der Waals surface area (Å²) in [6.45, 7) is 5.26. The van der Waals surface area contributed by atoms with Crippen molar-refractivity contribution in [3.05, 3.63) is 58.0 Å². The predicted molar refractivity (Wildman–Crippen MR) is 109 cm³/mol. The van der Waals surface area contributed by atoms with Crippen molar-refractivity contribution in [1.29, 1.82) is 0 Å². The molecule has 5 rings (SSSR count). The van der Waals surface area contributed by atoms with Crippen LogP contribution in [0.4, 0.5) is 0 Å². The van der Waals surface area contributed by atoms with Crippen LogP contribution in [0.2, 0.25) is 0 Å². The van der Waals surface area contributed by atoms with Gasteiger partial charge < -0.3 is 10.2 Å². The number of aromatic nitrogens is 1. The van der Waals surface area contributed by atoms with Gasteiger partial charge in [0, 0.05) is 29.7 Å². The molecule has 6 heteroatoms. The lowest BCUT2D eigenvalue weighted by atomic mass is 9.84. The Balaban J connectivity index is 1.61. The number of fused-ring (bicyclic) bond motifs is 3. The maximum atomic E-state index is 12.8. The van der Waals surface area contributed by atoms with E-state index in [0.717, 1.165) is 48.6 Å². The molecule has 3 saturated heterocycles. The van der Waals surface area contributed by atoms with Crippen LogP contribution in [0.25, 0.3) is 5.69 Å². The van der Waals surface area contributed by atoms with E-state index in [1.54, 1.807) is 28.6 Å². The zero-order valence-electron chi connectivity index (χ0n) is 15.8. The largest absolute Gasteiger partial charge is 0.348 e. The van der Waals surface area contributed by atoms with Gasteiger partial charge in [-0.05, 0) is 68.8 Å². The predicted octanol–water partition coefficient (Wildman–Crippen LogP) is 2.69. The Labute approximate surface area is 163 Å². The van der Waals surface area contributed by atoms with Crippen LogP contribution in [0, 0.1) is 12.8 Å². The summed E-state index contributed by atoms with van der Waals surface area (Å²) < 4.78 is 1.58. The molecule has 0 spiro atoms. The van der Waals surface area contributed by atoms with Crippen LogP contribution in [0.1, 0.15) is 28.8 Å². The van der Waals surface area contributed by atoms with Gasteiger partial charge in [-0.25, -0.2) is 0 Å². The van der Waals surface area contributed by atoms with Gasteiger partial charge in [0.15, 0.2) is 0 Å². The highest BCUT2D eigenvalue weighted by Gasteiger charge is 2.35. The summed E-state index contributed by atoms with van der Waals surface area (Å²) in [5.41, 5.74) is 2.36. The molecule has 2 aromatic rings. The molecule has 0 saturated carbocycles. The van der Waals surface area contributed by atoms with E-state index in [2.05, 4.69) is 16.3 Å². The molecule has 3 aliphatic heterocycles. The first-order valence-corrected chi connectivity index (χ1v) is 10.7. The molecule has 4 heterocycles. The molecule has 2 bridgehead atoms. The normalized spacial score (nSPS) is 24.0. The van der Waals surface area contributed by atoms with Gasteiger partial charge in [0.25, 0.3) is 11.5 Å². The number of thioether (sulfide) groups is 1. The van der Waals surface area contributed by atoms with Gasteiger partial charge in [0.1, 0.15) is 0 Å². The number of piperidine rings is 3. The molecule has 1 atom stereocenters. The van der Waals surface area contributed by atoms with Crippen molar-refractivity contribution in [1.82, 2.24) is 14.8 Å². The van der Waals surface area contributed by atoms with Crippen molar-refractivity contribution in [2.24, 2.45) is 5.92 Å². The van der Waals surface area contributed by atoms with E-state index in [4.69, 9.17) is 0 Å². The van der Waals surface area contributed by atoms with E-state index < -0.39 is 0 Å². The first-order chi connectivity index (χ1) is 13.0. The molecule has 0 radical (unpaired) electrons. The molecule has 5 nitrogen and oxygen atoms in total. The average molecular weight is 384 g/mol. The van der Waals surface area contributed by atoms with E-state index in [-0.39, 0.29) is 17.5 Å². The van der Waals surface area contributed by atoms with Gasteiger partial charge in [0.2, 0.25) is 0 Å². The van der Waals surface area contributed by atoms with E-state index in [1.807, 2.05) is 25.3 Å². The number of benzene rings is 1. The van der Waals surface area contributed by atoms with Crippen LogP contribution in [0.5, 0.6) is 0 Å². The van der Waals surface area contributed by atoms with Gasteiger partial charge in [-0.1, -0.05) is 6.07 Å². The molecule has 1 aromatic carbocycles. The highest BCUT2D eigenvalue weighted by Crippen LogP contribution is 2.28. The maximum Gasteiger partial charge on any atom is 0.255 e. The third-order valence-corrected chi connectivity index (χ3v) is 6.51. The summed E-state index contributed by atoms with van der Waals surface area (Å²) >= 11 is 1.60. The lowest BCUT2D eigenvalue weighted by molar-refractivity contribution is 0.0620. The van der Waals surface area contributed by atoms with Gasteiger partial charge >= 0.3 is 0 Å². The van der Waals surface area contributed by atoms with Crippen molar-refractivity contribution in [2.75, 3.05) is 25.9 Å². The van der Waals surface area contributed by atoms with Crippen LogP contribution in [-0.4, -0.2) is 47.3 Å². The number of carbonyl (C=O) groups excluding carboxylic acids is 1. The molecule has 142 valence electrons. The number of rotatable bonds is 4. The minimum Gasteiger partial charge on any atom is -0.348 e. The standard InChI is InChI=1S/C21H25N3O2S/c1-14-3-5-18(19(11-14)27-2)24-12-16(4-6-20(24)25)21(26)22-17-13-23-9-7-15(17)8-10-23/h3-6,11-12,15,17H,7-10,13H2,1-2H3,(H,22,26)/t17-/m1/s1. The Kier molecular flexibility index (Phi) is 5.10. The van der Waals surface area contributed by atoms with E-state index in [9.17, 15) is 9.59 Å². The molecule has 1 amide bonds. The second-order valence-electron chi connectivity index (χ2n) is 7.52. The fourth-order valence-electron chi connectivity index (χ4n) is 4.17. The summed E-state index contributed by atoms with van der Waals surface area (Å²) in [6.07, 6.45) is 5.98. The van der Waals surface area contributed by atoms with Crippen LogP contribution >= 0.6 is 11.8 Å². The van der Waals surface area contributed by atoms with Gasteiger partial charge in [-0.15, -0.1) is 11.8 Å².